The number of rotatable bonds is 3. The number of hydrogen-bond donors (Lipinski definition) is 2. The maximum atomic E-state index is 9.85. The number of aromatic amines is 1. The molecule has 3 aromatic rings. The molecule has 0 saturated carbocycles. The van der Waals surface area contributed by atoms with E-state index in [0.717, 1.165) is 21.3 Å². The van der Waals surface area contributed by atoms with Crippen molar-refractivity contribution in [2.45, 2.75) is 6.42 Å². The second-order valence-electron chi connectivity index (χ2n) is 4.38. The van der Waals surface area contributed by atoms with E-state index in [1.807, 2.05) is 24.3 Å². The molecular formula is C14H12BrN3O2. The van der Waals surface area contributed by atoms with Crippen LogP contribution in [0.1, 0.15) is 11.1 Å². The fraction of sp³-hybridized carbons (Fsp3) is 0.143. The van der Waals surface area contributed by atoms with Crippen LogP contribution < -0.4 is 4.74 Å². The molecule has 0 amide bonds. The van der Waals surface area contributed by atoms with Crippen LogP contribution in [0.5, 0.6) is 11.6 Å². The third-order valence-electron chi connectivity index (χ3n) is 3.17. The molecule has 0 bridgehead atoms. The van der Waals surface area contributed by atoms with E-state index in [-0.39, 0.29) is 5.88 Å². The van der Waals surface area contributed by atoms with Gasteiger partial charge in [-0.25, -0.2) is 4.98 Å². The van der Waals surface area contributed by atoms with Gasteiger partial charge in [-0.1, -0.05) is 12.1 Å². The van der Waals surface area contributed by atoms with E-state index in [0.29, 0.717) is 17.5 Å². The third-order valence-corrected chi connectivity index (χ3v) is 3.85. The number of aromatic hydroxyl groups is 1. The molecule has 0 atom stereocenters. The normalized spacial score (nSPS) is 10.9. The highest BCUT2D eigenvalue weighted by molar-refractivity contribution is 9.10. The lowest BCUT2D eigenvalue weighted by Gasteiger charge is -2.07. The number of halogens is 1. The van der Waals surface area contributed by atoms with Crippen molar-refractivity contribution in [3.63, 3.8) is 0 Å². The van der Waals surface area contributed by atoms with Crippen molar-refractivity contribution in [1.29, 1.82) is 0 Å². The molecule has 2 N–H and O–H groups in total. The average Bonchev–Trinajstić information content (AvgIpc) is 2.84. The Morgan fingerprint density at radius 3 is 2.75 bits per heavy atom. The number of nitrogens with zero attached hydrogens (tertiary/aromatic N) is 2. The molecule has 0 fully saturated rings. The summed E-state index contributed by atoms with van der Waals surface area (Å²) >= 11 is 3.48. The van der Waals surface area contributed by atoms with Gasteiger partial charge in [0.15, 0.2) is 5.65 Å². The van der Waals surface area contributed by atoms with E-state index in [9.17, 15) is 5.11 Å². The van der Waals surface area contributed by atoms with Gasteiger partial charge in [-0.2, -0.15) is 0 Å². The van der Waals surface area contributed by atoms with Crippen LogP contribution in [0.25, 0.3) is 11.0 Å². The van der Waals surface area contributed by atoms with Gasteiger partial charge in [0.1, 0.15) is 5.75 Å². The summed E-state index contributed by atoms with van der Waals surface area (Å²) in [4.78, 5) is 4.19. The zero-order chi connectivity index (χ0) is 14.1. The predicted octanol–water partition coefficient (Wildman–Crippen LogP) is 3.03. The highest BCUT2D eigenvalue weighted by Gasteiger charge is 2.14. The number of benzene rings is 1. The van der Waals surface area contributed by atoms with Crippen LogP contribution in [0, 0.1) is 0 Å². The number of aromatic nitrogens is 3. The summed E-state index contributed by atoms with van der Waals surface area (Å²) in [5.41, 5.74) is 2.64. The summed E-state index contributed by atoms with van der Waals surface area (Å²) in [6.45, 7) is 0. The van der Waals surface area contributed by atoms with E-state index in [1.165, 1.54) is 0 Å². The minimum Gasteiger partial charge on any atom is -0.497 e. The first-order chi connectivity index (χ1) is 9.69. The SMILES string of the molecule is COc1ccc(Cc2c(Br)cnc3[nH]nc(O)c23)cc1. The Balaban J connectivity index is 2.04. The molecule has 0 spiro atoms. The van der Waals surface area contributed by atoms with Gasteiger partial charge in [0.2, 0.25) is 5.88 Å². The number of methoxy groups -OCH3 is 1. The lowest BCUT2D eigenvalue weighted by atomic mass is 10.0. The van der Waals surface area contributed by atoms with Crippen LogP contribution in [0.15, 0.2) is 34.9 Å². The van der Waals surface area contributed by atoms with Crippen molar-refractivity contribution in [2.24, 2.45) is 0 Å². The maximum absolute atomic E-state index is 9.85. The number of pyridine rings is 1. The van der Waals surface area contributed by atoms with Crippen LogP contribution in [0.4, 0.5) is 0 Å². The molecule has 1 aromatic carbocycles. The van der Waals surface area contributed by atoms with Gasteiger partial charge < -0.3 is 9.84 Å². The standard InChI is InChI=1S/C14H12BrN3O2/c1-20-9-4-2-8(3-5-9)6-10-11(15)7-16-13-12(10)14(19)18-17-13/h2-5,7H,6H2,1H3,(H2,16,17,18,19). The Labute approximate surface area is 123 Å². The summed E-state index contributed by atoms with van der Waals surface area (Å²) in [5.74, 6) is 0.788. The highest BCUT2D eigenvalue weighted by atomic mass is 79.9. The quantitative estimate of drug-likeness (QED) is 0.772. The molecule has 2 aromatic heterocycles. The molecule has 5 nitrogen and oxygen atoms in total. The molecule has 0 aliphatic carbocycles. The summed E-state index contributed by atoms with van der Waals surface area (Å²) in [5, 5.41) is 17.0. The first kappa shape index (κ1) is 12.9. The summed E-state index contributed by atoms with van der Waals surface area (Å²) in [7, 11) is 1.64. The average molecular weight is 334 g/mol. The molecule has 0 unspecified atom stereocenters. The number of nitrogens with one attached hydrogen (secondary N) is 1. The summed E-state index contributed by atoms with van der Waals surface area (Å²) in [6.07, 6.45) is 2.37. The van der Waals surface area contributed by atoms with Crippen LogP contribution in [-0.2, 0) is 6.42 Å². The molecule has 20 heavy (non-hydrogen) atoms. The lowest BCUT2D eigenvalue weighted by molar-refractivity contribution is 0.414. The first-order valence-electron chi connectivity index (χ1n) is 6.02. The van der Waals surface area contributed by atoms with Crippen molar-refractivity contribution < 1.29 is 9.84 Å². The van der Waals surface area contributed by atoms with Gasteiger partial charge in [0.25, 0.3) is 0 Å². The largest absolute Gasteiger partial charge is 0.497 e. The van der Waals surface area contributed by atoms with Gasteiger partial charge in [0, 0.05) is 10.7 Å². The number of fused-ring (bicyclic) bond motifs is 1. The summed E-state index contributed by atoms with van der Waals surface area (Å²) in [6, 6.07) is 7.82. The second-order valence-corrected chi connectivity index (χ2v) is 5.23. The maximum Gasteiger partial charge on any atom is 0.240 e. The third kappa shape index (κ3) is 2.22. The summed E-state index contributed by atoms with van der Waals surface area (Å²) < 4.78 is 5.99. The smallest absolute Gasteiger partial charge is 0.240 e. The Hall–Kier alpha value is -2.08. The molecule has 0 saturated heterocycles. The van der Waals surface area contributed by atoms with Crippen molar-refractivity contribution in [1.82, 2.24) is 15.2 Å². The molecular weight excluding hydrogens is 322 g/mol. The minimum absolute atomic E-state index is 0.0303. The van der Waals surface area contributed by atoms with Gasteiger partial charge in [-0.05, 0) is 45.6 Å². The van der Waals surface area contributed by atoms with Crippen LogP contribution in [-0.4, -0.2) is 27.4 Å². The second kappa shape index (κ2) is 5.13. The Bertz CT molecular complexity index is 753. The van der Waals surface area contributed by atoms with Crippen molar-refractivity contribution in [2.75, 3.05) is 7.11 Å². The molecule has 102 valence electrons. The number of H-pyrrole nitrogens is 1. The zero-order valence-corrected chi connectivity index (χ0v) is 12.3. The number of hydrogen-bond acceptors (Lipinski definition) is 4. The van der Waals surface area contributed by atoms with E-state index in [2.05, 4.69) is 31.1 Å². The fourth-order valence-electron chi connectivity index (χ4n) is 2.13. The molecule has 6 heteroatoms. The van der Waals surface area contributed by atoms with Crippen LogP contribution in [0.2, 0.25) is 0 Å². The van der Waals surface area contributed by atoms with Crippen LogP contribution >= 0.6 is 15.9 Å². The van der Waals surface area contributed by atoms with Gasteiger partial charge in [0.05, 0.1) is 12.5 Å². The molecule has 3 rings (SSSR count). The zero-order valence-electron chi connectivity index (χ0n) is 10.7. The topological polar surface area (TPSA) is 71.0 Å². The van der Waals surface area contributed by atoms with Crippen molar-refractivity contribution in [3.05, 3.63) is 46.1 Å². The number of ether oxygens (including phenoxy) is 1. The molecule has 0 aliphatic heterocycles. The van der Waals surface area contributed by atoms with Gasteiger partial charge >= 0.3 is 0 Å². The van der Waals surface area contributed by atoms with Gasteiger partial charge in [-0.15, -0.1) is 5.10 Å². The van der Waals surface area contributed by atoms with E-state index < -0.39 is 0 Å². The van der Waals surface area contributed by atoms with E-state index in [1.54, 1.807) is 13.3 Å². The molecule has 0 radical (unpaired) electrons. The molecule has 0 aliphatic rings. The predicted molar refractivity (Wildman–Crippen MR) is 79.1 cm³/mol. The fourth-order valence-corrected chi connectivity index (χ4v) is 2.57. The van der Waals surface area contributed by atoms with E-state index in [4.69, 9.17) is 4.74 Å². The Morgan fingerprint density at radius 1 is 1.30 bits per heavy atom. The molecule has 2 heterocycles. The van der Waals surface area contributed by atoms with Crippen molar-refractivity contribution in [3.8, 4) is 11.6 Å². The van der Waals surface area contributed by atoms with Crippen molar-refractivity contribution >= 4 is 27.0 Å². The van der Waals surface area contributed by atoms with Crippen LogP contribution in [0.3, 0.4) is 0 Å². The van der Waals surface area contributed by atoms with Gasteiger partial charge in [-0.3, -0.25) is 5.10 Å². The van der Waals surface area contributed by atoms with E-state index >= 15 is 0 Å². The minimum atomic E-state index is -0.0303. The Kier molecular flexibility index (Phi) is 3.31. The Morgan fingerprint density at radius 2 is 2.05 bits per heavy atom. The monoisotopic (exact) mass is 333 g/mol. The highest BCUT2D eigenvalue weighted by Crippen LogP contribution is 2.31. The lowest BCUT2D eigenvalue weighted by Crippen LogP contribution is -1.93. The first-order valence-corrected chi connectivity index (χ1v) is 6.81.